The van der Waals surface area contributed by atoms with Crippen LogP contribution < -0.4 is 0 Å². The van der Waals surface area contributed by atoms with Crippen LogP contribution in [-0.2, 0) is 9.05 Å². The second kappa shape index (κ2) is 4.91. The van der Waals surface area contributed by atoms with E-state index in [0.29, 0.717) is 0 Å². The van der Waals surface area contributed by atoms with Crippen LogP contribution in [0, 0.1) is 5.82 Å². The first-order chi connectivity index (χ1) is 7.64. The fraction of sp³-hybridized carbons (Fsp3) is 0.222. The zero-order valence-corrected chi connectivity index (χ0v) is 12.0. The Morgan fingerprint density at radius 2 is 1.94 bits per heavy atom. The molecule has 0 saturated carbocycles. The molecular formula is C9H8BrClFNO3S. The first-order valence-electron chi connectivity index (χ1n) is 4.30. The summed E-state index contributed by atoms with van der Waals surface area (Å²) in [5.41, 5.74) is -0.103. The summed E-state index contributed by atoms with van der Waals surface area (Å²) in [7, 11) is 3.95. The SMILES string of the molecule is CN(C)C(=O)c1cc(F)cc(S(=O)(=O)Cl)c1Br. The predicted octanol–water partition coefficient (Wildman–Crippen LogP) is 2.22. The number of nitrogens with zero attached hydrogens (tertiary/aromatic N) is 1. The van der Waals surface area contributed by atoms with Crippen molar-refractivity contribution < 1.29 is 17.6 Å². The van der Waals surface area contributed by atoms with Crippen molar-refractivity contribution in [2.75, 3.05) is 14.1 Å². The van der Waals surface area contributed by atoms with Crippen molar-refractivity contribution in [2.45, 2.75) is 4.90 Å². The van der Waals surface area contributed by atoms with Gasteiger partial charge in [-0.2, -0.15) is 0 Å². The fourth-order valence-corrected chi connectivity index (χ4v) is 3.40. The van der Waals surface area contributed by atoms with Crippen LogP contribution in [0.3, 0.4) is 0 Å². The van der Waals surface area contributed by atoms with E-state index in [-0.39, 0.29) is 10.0 Å². The molecule has 1 rings (SSSR count). The van der Waals surface area contributed by atoms with Crippen LogP contribution in [0.2, 0.25) is 0 Å². The van der Waals surface area contributed by atoms with E-state index in [1.807, 2.05) is 0 Å². The average Bonchev–Trinajstić information content (AvgIpc) is 2.18. The maximum Gasteiger partial charge on any atom is 0.262 e. The van der Waals surface area contributed by atoms with Gasteiger partial charge in [-0.25, -0.2) is 12.8 Å². The zero-order valence-electron chi connectivity index (χ0n) is 8.87. The van der Waals surface area contributed by atoms with Gasteiger partial charge in [-0.15, -0.1) is 0 Å². The molecule has 0 spiro atoms. The lowest BCUT2D eigenvalue weighted by atomic mass is 10.2. The van der Waals surface area contributed by atoms with Gasteiger partial charge in [0.05, 0.1) is 10.0 Å². The van der Waals surface area contributed by atoms with Crippen molar-refractivity contribution >= 4 is 41.6 Å². The van der Waals surface area contributed by atoms with Crippen molar-refractivity contribution in [3.63, 3.8) is 0 Å². The third-order valence-corrected chi connectivity index (χ3v) is 4.37. The summed E-state index contributed by atoms with van der Waals surface area (Å²) >= 11 is 2.94. The van der Waals surface area contributed by atoms with E-state index < -0.39 is 25.7 Å². The Bertz CT molecular complexity index is 574. The molecule has 0 unspecified atom stereocenters. The van der Waals surface area contributed by atoms with Gasteiger partial charge in [0, 0.05) is 24.8 Å². The van der Waals surface area contributed by atoms with Gasteiger partial charge in [0.2, 0.25) is 0 Å². The summed E-state index contributed by atoms with van der Waals surface area (Å²) in [5.74, 6) is -1.38. The molecule has 0 N–H and O–H groups in total. The Balaban J connectivity index is 3.56. The van der Waals surface area contributed by atoms with Gasteiger partial charge in [-0.3, -0.25) is 4.79 Å². The van der Waals surface area contributed by atoms with E-state index in [9.17, 15) is 17.6 Å². The van der Waals surface area contributed by atoms with E-state index in [0.717, 1.165) is 12.1 Å². The molecule has 0 heterocycles. The Morgan fingerprint density at radius 1 is 1.41 bits per heavy atom. The van der Waals surface area contributed by atoms with Crippen molar-refractivity contribution in [1.82, 2.24) is 4.90 Å². The predicted molar refractivity (Wildman–Crippen MR) is 65.2 cm³/mol. The summed E-state index contributed by atoms with van der Waals surface area (Å²) in [6.07, 6.45) is 0. The van der Waals surface area contributed by atoms with Gasteiger partial charge in [-0.05, 0) is 28.1 Å². The summed E-state index contributed by atoms with van der Waals surface area (Å²) < 4.78 is 35.6. The smallest absolute Gasteiger partial charge is 0.262 e. The lowest BCUT2D eigenvalue weighted by Crippen LogP contribution is -2.22. The van der Waals surface area contributed by atoms with Gasteiger partial charge in [0.15, 0.2) is 0 Å². The Labute approximate surface area is 111 Å². The Morgan fingerprint density at radius 3 is 2.35 bits per heavy atom. The van der Waals surface area contributed by atoms with Crippen LogP contribution in [0.15, 0.2) is 21.5 Å². The highest BCUT2D eigenvalue weighted by atomic mass is 79.9. The molecular weight excluding hydrogens is 337 g/mol. The number of halogens is 3. The van der Waals surface area contributed by atoms with Gasteiger partial charge in [0.1, 0.15) is 10.7 Å². The van der Waals surface area contributed by atoms with E-state index in [2.05, 4.69) is 15.9 Å². The largest absolute Gasteiger partial charge is 0.345 e. The number of carbonyl (C=O) groups is 1. The van der Waals surface area contributed by atoms with Crippen molar-refractivity contribution in [1.29, 1.82) is 0 Å². The molecule has 8 heteroatoms. The molecule has 1 aromatic rings. The molecule has 0 fully saturated rings. The van der Waals surface area contributed by atoms with Crippen LogP contribution >= 0.6 is 26.6 Å². The van der Waals surface area contributed by atoms with Crippen LogP contribution in [0.5, 0.6) is 0 Å². The molecule has 0 aliphatic heterocycles. The molecule has 94 valence electrons. The first kappa shape index (κ1) is 14.4. The topological polar surface area (TPSA) is 54.5 Å². The number of hydrogen-bond donors (Lipinski definition) is 0. The molecule has 1 amide bonds. The third kappa shape index (κ3) is 3.17. The molecule has 0 radical (unpaired) electrons. The summed E-state index contributed by atoms with van der Waals surface area (Å²) in [4.78, 5) is 12.4. The number of benzene rings is 1. The number of hydrogen-bond acceptors (Lipinski definition) is 3. The normalized spacial score (nSPS) is 11.4. The molecule has 17 heavy (non-hydrogen) atoms. The van der Waals surface area contributed by atoms with Crippen LogP contribution in [0.4, 0.5) is 4.39 Å². The van der Waals surface area contributed by atoms with Crippen molar-refractivity contribution in [3.8, 4) is 0 Å². The van der Waals surface area contributed by atoms with E-state index in [1.54, 1.807) is 0 Å². The lowest BCUT2D eigenvalue weighted by Gasteiger charge is -2.13. The van der Waals surface area contributed by atoms with Gasteiger partial charge >= 0.3 is 0 Å². The van der Waals surface area contributed by atoms with E-state index >= 15 is 0 Å². The second-order valence-corrected chi connectivity index (χ2v) is 6.73. The molecule has 0 aromatic heterocycles. The summed E-state index contributed by atoms with van der Waals surface area (Å²) in [6.45, 7) is 0. The first-order valence-corrected chi connectivity index (χ1v) is 7.40. The second-order valence-electron chi connectivity index (χ2n) is 3.40. The molecule has 0 bridgehead atoms. The Hall–Kier alpha value is -0.660. The highest BCUT2D eigenvalue weighted by Gasteiger charge is 2.23. The molecule has 1 aromatic carbocycles. The van der Waals surface area contributed by atoms with Crippen molar-refractivity contribution in [3.05, 3.63) is 28.0 Å². The molecule has 0 aliphatic rings. The minimum absolute atomic E-state index is 0.0485. The fourth-order valence-electron chi connectivity index (χ4n) is 1.14. The summed E-state index contributed by atoms with van der Waals surface area (Å²) in [5, 5.41) is 0. The summed E-state index contributed by atoms with van der Waals surface area (Å²) in [6, 6.07) is 1.69. The highest BCUT2D eigenvalue weighted by molar-refractivity contribution is 9.10. The van der Waals surface area contributed by atoms with Crippen molar-refractivity contribution in [2.24, 2.45) is 0 Å². The molecule has 0 atom stereocenters. The number of rotatable bonds is 2. The van der Waals surface area contributed by atoms with E-state index in [4.69, 9.17) is 10.7 Å². The minimum Gasteiger partial charge on any atom is -0.345 e. The number of carbonyl (C=O) groups excluding carboxylic acids is 1. The van der Waals surface area contributed by atoms with Crippen LogP contribution in [-0.4, -0.2) is 33.3 Å². The van der Waals surface area contributed by atoms with Gasteiger partial charge < -0.3 is 4.90 Å². The van der Waals surface area contributed by atoms with Crippen LogP contribution in [0.25, 0.3) is 0 Å². The maximum atomic E-state index is 13.2. The zero-order chi connectivity index (χ0) is 13.4. The molecule has 0 aliphatic carbocycles. The van der Waals surface area contributed by atoms with E-state index in [1.165, 1.54) is 19.0 Å². The van der Waals surface area contributed by atoms with Gasteiger partial charge in [-0.1, -0.05) is 0 Å². The van der Waals surface area contributed by atoms with Crippen LogP contribution in [0.1, 0.15) is 10.4 Å². The molecule has 4 nitrogen and oxygen atoms in total. The number of amides is 1. The lowest BCUT2D eigenvalue weighted by molar-refractivity contribution is 0.0826. The van der Waals surface area contributed by atoms with Gasteiger partial charge in [0.25, 0.3) is 15.0 Å². The average molecular weight is 345 g/mol. The monoisotopic (exact) mass is 343 g/mol. The maximum absolute atomic E-state index is 13.2. The molecule has 0 saturated heterocycles. The third-order valence-electron chi connectivity index (χ3n) is 1.90. The quantitative estimate of drug-likeness (QED) is 0.773. The highest BCUT2D eigenvalue weighted by Crippen LogP contribution is 2.30. The minimum atomic E-state index is -4.12. The Kier molecular flexibility index (Phi) is 4.16. The standard InChI is InChI=1S/C9H8BrClFNO3S/c1-13(2)9(14)6-3-5(12)4-7(8(6)10)17(11,15)16/h3-4H,1-2H3.